The van der Waals surface area contributed by atoms with Crippen LogP contribution in [0.4, 0.5) is 0 Å². The second-order valence-corrected chi connectivity index (χ2v) is 6.26. The van der Waals surface area contributed by atoms with Gasteiger partial charge < -0.3 is 10.6 Å². The third-order valence-corrected chi connectivity index (χ3v) is 4.25. The van der Waals surface area contributed by atoms with E-state index in [-0.39, 0.29) is 17.9 Å². The summed E-state index contributed by atoms with van der Waals surface area (Å²) in [6.45, 7) is 13.5. The van der Waals surface area contributed by atoms with Crippen LogP contribution in [0.15, 0.2) is 0 Å². The lowest BCUT2D eigenvalue weighted by molar-refractivity contribution is -0.135. The van der Waals surface area contributed by atoms with Gasteiger partial charge in [-0.25, -0.2) is 0 Å². The predicted molar refractivity (Wildman–Crippen MR) is 79.9 cm³/mol. The standard InChI is InChI=1S/C15H31N3O/c1-5-13(4)14(16)15(19)18-10-8-17(9-11-18)7-6-12(2)3/h12-14H,5-11,16H2,1-4H3/t13-,14-/m0/s1. The lowest BCUT2D eigenvalue weighted by Gasteiger charge is -2.36. The van der Waals surface area contributed by atoms with Crippen molar-refractivity contribution in [3.63, 3.8) is 0 Å². The molecule has 19 heavy (non-hydrogen) atoms. The van der Waals surface area contributed by atoms with E-state index < -0.39 is 0 Å². The van der Waals surface area contributed by atoms with Crippen LogP contribution in [0.1, 0.15) is 40.5 Å². The number of carbonyl (C=O) groups is 1. The van der Waals surface area contributed by atoms with Gasteiger partial charge in [-0.05, 0) is 24.8 Å². The minimum Gasteiger partial charge on any atom is -0.339 e. The van der Waals surface area contributed by atoms with E-state index in [1.54, 1.807) is 0 Å². The Morgan fingerprint density at radius 2 is 1.74 bits per heavy atom. The Hall–Kier alpha value is -0.610. The minimum absolute atomic E-state index is 0.137. The molecule has 0 radical (unpaired) electrons. The molecule has 1 aliphatic heterocycles. The maximum atomic E-state index is 12.3. The average molecular weight is 269 g/mol. The average Bonchev–Trinajstić information content (AvgIpc) is 2.43. The summed E-state index contributed by atoms with van der Waals surface area (Å²) in [6.07, 6.45) is 2.20. The number of nitrogens with zero attached hydrogens (tertiary/aromatic N) is 2. The fraction of sp³-hybridized carbons (Fsp3) is 0.933. The normalized spacial score (nSPS) is 20.6. The molecule has 0 bridgehead atoms. The highest BCUT2D eigenvalue weighted by Gasteiger charge is 2.27. The Morgan fingerprint density at radius 1 is 1.16 bits per heavy atom. The third-order valence-electron chi connectivity index (χ3n) is 4.25. The quantitative estimate of drug-likeness (QED) is 0.796. The Morgan fingerprint density at radius 3 is 2.21 bits per heavy atom. The topological polar surface area (TPSA) is 49.6 Å². The minimum atomic E-state index is -0.327. The largest absolute Gasteiger partial charge is 0.339 e. The SMILES string of the molecule is CC[C@H](C)[C@H](N)C(=O)N1CCN(CCC(C)C)CC1. The van der Waals surface area contributed by atoms with E-state index in [1.165, 1.54) is 6.42 Å². The van der Waals surface area contributed by atoms with Crippen molar-refractivity contribution in [1.82, 2.24) is 9.80 Å². The first-order valence-corrected chi connectivity index (χ1v) is 7.72. The molecule has 1 amide bonds. The Bertz CT molecular complexity index is 273. The van der Waals surface area contributed by atoms with Crippen LogP contribution in [0.25, 0.3) is 0 Å². The maximum Gasteiger partial charge on any atom is 0.239 e. The van der Waals surface area contributed by atoms with E-state index in [0.717, 1.165) is 45.1 Å². The highest BCUT2D eigenvalue weighted by molar-refractivity contribution is 5.82. The molecule has 1 rings (SSSR count). The van der Waals surface area contributed by atoms with Gasteiger partial charge in [-0.1, -0.05) is 34.1 Å². The number of piperazine rings is 1. The van der Waals surface area contributed by atoms with Crippen molar-refractivity contribution in [3.8, 4) is 0 Å². The van der Waals surface area contributed by atoms with E-state index in [0.29, 0.717) is 0 Å². The van der Waals surface area contributed by atoms with Crippen molar-refractivity contribution >= 4 is 5.91 Å². The van der Waals surface area contributed by atoms with Crippen LogP contribution in [0, 0.1) is 11.8 Å². The van der Waals surface area contributed by atoms with Crippen LogP contribution < -0.4 is 5.73 Å². The molecule has 2 N–H and O–H groups in total. The summed E-state index contributed by atoms with van der Waals surface area (Å²) < 4.78 is 0. The highest BCUT2D eigenvalue weighted by Crippen LogP contribution is 2.11. The zero-order valence-corrected chi connectivity index (χ0v) is 13.1. The second kappa shape index (κ2) is 7.85. The lowest BCUT2D eigenvalue weighted by atomic mass is 9.98. The molecule has 112 valence electrons. The molecule has 1 aliphatic rings. The van der Waals surface area contributed by atoms with E-state index in [4.69, 9.17) is 5.73 Å². The molecule has 0 aromatic carbocycles. The van der Waals surface area contributed by atoms with Crippen molar-refractivity contribution in [2.75, 3.05) is 32.7 Å². The molecule has 4 nitrogen and oxygen atoms in total. The van der Waals surface area contributed by atoms with Crippen molar-refractivity contribution in [3.05, 3.63) is 0 Å². The first-order valence-electron chi connectivity index (χ1n) is 7.72. The van der Waals surface area contributed by atoms with Crippen molar-refractivity contribution < 1.29 is 4.79 Å². The number of hydrogen-bond acceptors (Lipinski definition) is 3. The van der Waals surface area contributed by atoms with Crippen molar-refractivity contribution in [2.45, 2.75) is 46.6 Å². The summed E-state index contributed by atoms with van der Waals surface area (Å²) in [6, 6.07) is -0.327. The molecule has 0 aliphatic carbocycles. The first kappa shape index (κ1) is 16.4. The summed E-state index contributed by atoms with van der Waals surface area (Å²) in [5.74, 6) is 1.16. The van der Waals surface area contributed by atoms with E-state index in [2.05, 4.69) is 32.6 Å². The van der Waals surface area contributed by atoms with Gasteiger partial charge in [-0.15, -0.1) is 0 Å². The van der Waals surface area contributed by atoms with Crippen molar-refractivity contribution in [1.29, 1.82) is 0 Å². The van der Waals surface area contributed by atoms with Gasteiger partial charge in [-0.2, -0.15) is 0 Å². The van der Waals surface area contributed by atoms with Crippen LogP contribution in [0.3, 0.4) is 0 Å². The molecule has 0 unspecified atom stereocenters. The Balaban J connectivity index is 2.35. The molecule has 0 saturated carbocycles. The second-order valence-electron chi connectivity index (χ2n) is 6.26. The first-order chi connectivity index (χ1) is 8.95. The van der Waals surface area contributed by atoms with Crippen LogP contribution in [-0.2, 0) is 4.79 Å². The summed E-state index contributed by atoms with van der Waals surface area (Å²) in [4.78, 5) is 16.7. The zero-order valence-electron chi connectivity index (χ0n) is 13.1. The molecule has 0 aromatic rings. The fourth-order valence-corrected chi connectivity index (χ4v) is 2.34. The predicted octanol–water partition coefficient (Wildman–Crippen LogP) is 1.55. The van der Waals surface area contributed by atoms with Crippen LogP contribution >= 0.6 is 0 Å². The van der Waals surface area contributed by atoms with Crippen molar-refractivity contribution in [2.24, 2.45) is 17.6 Å². The third kappa shape index (κ3) is 5.11. The summed E-state index contributed by atoms with van der Waals surface area (Å²) in [5.41, 5.74) is 6.03. The number of carbonyl (C=O) groups excluding carboxylic acids is 1. The smallest absolute Gasteiger partial charge is 0.239 e. The maximum absolute atomic E-state index is 12.3. The Labute approximate surface area is 118 Å². The molecule has 4 heteroatoms. The highest BCUT2D eigenvalue weighted by atomic mass is 16.2. The number of rotatable bonds is 6. The lowest BCUT2D eigenvalue weighted by Crippen LogP contribution is -2.54. The molecule has 1 fully saturated rings. The zero-order chi connectivity index (χ0) is 14.4. The molecule has 2 atom stereocenters. The van der Waals surface area contributed by atoms with E-state index >= 15 is 0 Å². The van der Waals surface area contributed by atoms with Crippen LogP contribution in [0.5, 0.6) is 0 Å². The molecular formula is C15H31N3O. The molecule has 0 aromatic heterocycles. The summed E-state index contributed by atoms with van der Waals surface area (Å²) in [7, 11) is 0. The molecule has 1 heterocycles. The van der Waals surface area contributed by atoms with E-state index in [9.17, 15) is 4.79 Å². The van der Waals surface area contributed by atoms with Crippen LogP contribution in [-0.4, -0.2) is 54.5 Å². The van der Waals surface area contributed by atoms with Gasteiger partial charge in [-0.3, -0.25) is 9.69 Å². The Kier molecular flexibility index (Phi) is 6.80. The number of hydrogen-bond donors (Lipinski definition) is 1. The molecule has 0 spiro atoms. The van der Waals surface area contributed by atoms with Gasteiger partial charge in [0.05, 0.1) is 6.04 Å². The van der Waals surface area contributed by atoms with Gasteiger partial charge >= 0.3 is 0 Å². The molecular weight excluding hydrogens is 238 g/mol. The van der Waals surface area contributed by atoms with Gasteiger partial charge in [0.15, 0.2) is 0 Å². The van der Waals surface area contributed by atoms with Gasteiger partial charge in [0.2, 0.25) is 5.91 Å². The molecule has 1 saturated heterocycles. The fourth-order valence-electron chi connectivity index (χ4n) is 2.34. The number of amides is 1. The summed E-state index contributed by atoms with van der Waals surface area (Å²) >= 11 is 0. The van der Waals surface area contributed by atoms with E-state index in [1.807, 2.05) is 4.90 Å². The summed E-state index contributed by atoms with van der Waals surface area (Å²) in [5, 5.41) is 0. The van der Waals surface area contributed by atoms with Gasteiger partial charge in [0.25, 0.3) is 0 Å². The van der Waals surface area contributed by atoms with Crippen LogP contribution in [0.2, 0.25) is 0 Å². The number of nitrogens with two attached hydrogens (primary N) is 1. The van der Waals surface area contributed by atoms with Gasteiger partial charge in [0.1, 0.15) is 0 Å². The monoisotopic (exact) mass is 269 g/mol. The van der Waals surface area contributed by atoms with Gasteiger partial charge in [0, 0.05) is 26.2 Å².